The van der Waals surface area contributed by atoms with Crippen molar-refractivity contribution in [3.63, 3.8) is 0 Å². The summed E-state index contributed by atoms with van der Waals surface area (Å²) in [5.41, 5.74) is 1.78. The molecule has 1 aromatic carbocycles. The molecule has 0 aliphatic carbocycles. The first-order chi connectivity index (χ1) is 13.8. The monoisotopic (exact) mass is 407 g/mol. The largest absolute Gasteiger partial charge is 0.481 e. The van der Waals surface area contributed by atoms with E-state index in [9.17, 15) is 14.4 Å². The van der Waals surface area contributed by atoms with Crippen LogP contribution >= 0.6 is 0 Å². The Morgan fingerprint density at radius 3 is 2.10 bits per heavy atom. The summed E-state index contributed by atoms with van der Waals surface area (Å²) in [4.78, 5) is 50.3. The van der Waals surface area contributed by atoms with Crippen LogP contribution in [0.15, 0.2) is 24.3 Å². The average Bonchev–Trinajstić information content (AvgIpc) is 2.66. The number of rotatable bonds is 11. The molecule has 0 spiro atoms. The van der Waals surface area contributed by atoms with Gasteiger partial charge in [0.25, 0.3) is 5.91 Å². The minimum absolute atomic E-state index is 0.0375. The lowest BCUT2D eigenvalue weighted by atomic mass is 10.1. The van der Waals surface area contributed by atoms with Crippen molar-refractivity contribution in [1.82, 2.24) is 16.0 Å². The Morgan fingerprint density at radius 1 is 1.00 bits per heavy atom. The second kappa shape index (κ2) is 15.8. The number of carboxylic acid groups (broad SMARTS) is 1. The fourth-order valence-electron chi connectivity index (χ4n) is 2.32. The molecule has 0 heterocycles. The zero-order valence-electron chi connectivity index (χ0n) is 16.8. The summed E-state index contributed by atoms with van der Waals surface area (Å²) in [5.74, 6) is -0.939. The number of nitrogens with one attached hydrogen (secondary N) is 3. The van der Waals surface area contributed by atoms with Gasteiger partial charge in [-0.25, -0.2) is 4.79 Å². The van der Waals surface area contributed by atoms with Crippen molar-refractivity contribution < 1.29 is 29.1 Å². The van der Waals surface area contributed by atoms with Crippen molar-refractivity contribution in [2.45, 2.75) is 52.0 Å². The summed E-state index contributed by atoms with van der Waals surface area (Å²) in [6.07, 6.45) is 3.25. The number of amides is 3. The van der Waals surface area contributed by atoms with E-state index in [0.717, 1.165) is 24.8 Å². The van der Waals surface area contributed by atoms with Gasteiger partial charge in [-0.05, 0) is 51.7 Å². The van der Waals surface area contributed by atoms with Crippen molar-refractivity contribution in [3.8, 4) is 0 Å². The second-order valence-corrected chi connectivity index (χ2v) is 6.50. The highest BCUT2D eigenvalue weighted by Crippen LogP contribution is 2.03. The van der Waals surface area contributed by atoms with Crippen LogP contribution in [-0.4, -0.2) is 48.3 Å². The summed E-state index contributed by atoms with van der Waals surface area (Å²) in [6, 6.07) is 6.98. The van der Waals surface area contributed by atoms with Crippen LogP contribution in [0.1, 0.15) is 54.9 Å². The maximum absolute atomic E-state index is 11.9. The van der Waals surface area contributed by atoms with E-state index in [4.69, 9.17) is 14.7 Å². The lowest BCUT2D eigenvalue weighted by Gasteiger charge is -2.13. The predicted molar refractivity (Wildman–Crippen MR) is 105 cm³/mol. The molecule has 9 heteroatoms. The van der Waals surface area contributed by atoms with Gasteiger partial charge >= 0.3 is 18.2 Å². The number of aliphatic carboxylic acids is 1. The van der Waals surface area contributed by atoms with Crippen LogP contribution in [0.3, 0.4) is 0 Å². The molecule has 0 bridgehead atoms. The number of carbonyl (C=O) groups excluding carboxylic acids is 4. The molecule has 1 rings (SSSR count). The number of carboxylic acids is 1. The highest BCUT2D eigenvalue weighted by atomic mass is 16.4. The molecule has 1 aromatic rings. The van der Waals surface area contributed by atoms with Gasteiger partial charge in [0.2, 0.25) is 0 Å². The van der Waals surface area contributed by atoms with Crippen LogP contribution in [0.4, 0.5) is 4.79 Å². The van der Waals surface area contributed by atoms with Crippen LogP contribution in [0.25, 0.3) is 0 Å². The molecule has 0 aliphatic rings. The topological polar surface area (TPSA) is 142 Å². The van der Waals surface area contributed by atoms with Crippen LogP contribution in [0.5, 0.6) is 0 Å². The Morgan fingerprint density at radius 2 is 1.55 bits per heavy atom. The van der Waals surface area contributed by atoms with Gasteiger partial charge in [-0.3, -0.25) is 9.59 Å². The van der Waals surface area contributed by atoms with Crippen LogP contribution in [0.2, 0.25) is 0 Å². The van der Waals surface area contributed by atoms with Crippen LogP contribution in [0, 0.1) is 6.92 Å². The maximum Gasteiger partial charge on any atom is 0.373 e. The first-order valence-corrected chi connectivity index (χ1v) is 9.40. The van der Waals surface area contributed by atoms with E-state index in [1.165, 1.54) is 0 Å². The van der Waals surface area contributed by atoms with E-state index in [1.54, 1.807) is 6.92 Å². The smallest absolute Gasteiger partial charge is 0.373 e. The number of carbonyl (C=O) groups is 3. The number of hydrogen-bond donors (Lipinski definition) is 4. The van der Waals surface area contributed by atoms with Crippen molar-refractivity contribution >= 4 is 24.1 Å². The number of benzene rings is 1. The Labute approximate surface area is 170 Å². The molecule has 0 radical (unpaired) electrons. The molecule has 0 saturated heterocycles. The normalized spacial score (nSPS) is 10.6. The van der Waals surface area contributed by atoms with Gasteiger partial charge in [0.1, 0.15) is 0 Å². The highest BCUT2D eigenvalue weighted by Gasteiger charge is 2.08. The summed E-state index contributed by atoms with van der Waals surface area (Å²) in [6.45, 7) is 4.90. The van der Waals surface area contributed by atoms with E-state index in [-0.39, 0.29) is 30.6 Å². The zero-order chi connectivity index (χ0) is 22.1. The SMILES string of the molecule is Cc1ccc(C(=O)NCCCCCNC(=O)N[C@H](C)CCC(=O)O)cc1.O=C=O. The van der Waals surface area contributed by atoms with E-state index >= 15 is 0 Å². The Balaban J connectivity index is 0.00000245. The lowest BCUT2D eigenvalue weighted by molar-refractivity contribution is -0.191. The Hall–Kier alpha value is -3.19. The number of aryl methyl sites for hydroxylation is 1. The Bertz CT molecular complexity index is 669. The molecule has 0 fully saturated rings. The van der Waals surface area contributed by atoms with Crippen molar-refractivity contribution in [1.29, 1.82) is 0 Å². The molecule has 29 heavy (non-hydrogen) atoms. The molecule has 3 amide bonds. The maximum atomic E-state index is 11.9. The van der Waals surface area contributed by atoms with E-state index in [2.05, 4.69) is 16.0 Å². The van der Waals surface area contributed by atoms with Crippen LogP contribution in [-0.2, 0) is 14.4 Å². The van der Waals surface area contributed by atoms with Crippen molar-refractivity contribution in [2.75, 3.05) is 13.1 Å². The summed E-state index contributed by atoms with van der Waals surface area (Å²) >= 11 is 0. The third-order valence-corrected chi connectivity index (χ3v) is 3.91. The molecular weight excluding hydrogens is 378 g/mol. The number of unbranched alkanes of at least 4 members (excludes halogenated alkanes) is 2. The molecule has 0 saturated carbocycles. The fraction of sp³-hybridized carbons (Fsp3) is 0.500. The van der Waals surface area contributed by atoms with Gasteiger partial charge in [0.15, 0.2) is 0 Å². The lowest BCUT2D eigenvalue weighted by Crippen LogP contribution is -2.41. The first-order valence-electron chi connectivity index (χ1n) is 9.40. The van der Waals surface area contributed by atoms with Gasteiger partial charge in [-0.15, -0.1) is 0 Å². The molecular formula is C20H29N3O6. The van der Waals surface area contributed by atoms with E-state index in [1.807, 2.05) is 31.2 Å². The predicted octanol–water partition coefficient (Wildman–Crippen LogP) is 1.86. The molecule has 4 N–H and O–H groups in total. The number of hydrogen-bond acceptors (Lipinski definition) is 5. The third kappa shape index (κ3) is 14.5. The average molecular weight is 407 g/mol. The fourth-order valence-corrected chi connectivity index (χ4v) is 2.32. The van der Waals surface area contributed by atoms with Gasteiger partial charge in [0, 0.05) is 31.1 Å². The third-order valence-electron chi connectivity index (χ3n) is 3.91. The molecule has 1 atom stereocenters. The van der Waals surface area contributed by atoms with E-state index < -0.39 is 5.97 Å². The molecule has 160 valence electrons. The van der Waals surface area contributed by atoms with Gasteiger partial charge in [-0.2, -0.15) is 9.59 Å². The summed E-state index contributed by atoms with van der Waals surface area (Å²) in [7, 11) is 0. The first kappa shape index (κ1) is 25.8. The standard InChI is InChI=1S/C19H29N3O4.CO2/c1-14-6-9-16(10-7-14)18(25)20-12-4-3-5-13-21-19(26)22-15(2)8-11-17(23)24;2-1-3/h6-7,9-10,15H,3-5,8,11-13H2,1-2H3,(H,20,25)(H,23,24)(H2,21,22,26);/t15-;/m1./s1. The molecule has 0 aliphatic heterocycles. The quantitative estimate of drug-likeness (QED) is 0.413. The molecule has 0 aromatic heterocycles. The van der Waals surface area contributed by atoms with E-state index in [0.29, 0.717) is 25.1 Å². The number of urea groups is 1. The molecule has 9 nitrogen and oxygen atoms in total. The second-order valence-electron chi connectivity index (χ2n) is 6.50. The van der Waals surface area contributed by atoms with Gasteiger partial charge in [0.05, 0.1) is 0 Å². The minimum atomic E-state index is -0.867. The summed E-state index contributed by atoms with van der Waals surface area (Å²) in [5, 5.41) is 16.9. The minimum Gasteiger partial charge on any atom is -0.481 e. The van der Waals surface area contributed by atoms with Crippen molar-refractivity contribution in [2.24, 2.45) is 0 Å². The van der Waals surface area contributed by atoms with Gasteiger partial charge < -0.3 is 21.1 Å². The van der Waals surface area contributed by atoms with Crippen molar-refractivity contribution in [3.05, 3.63) is 35.4 Å². The Kier molecular flexibility index (Phi) is 14.1. The van der Waals surface area contributed by atoms with Crippen LogP contribution < -0.4 is 16.0 Å². The zero-order valence-corrected chi connectivity index (χ0v) is 16.8. The molecule has 0 unspecified atom stereocenters. The summed E-state index contributed by atoms with van der Waals surface area (Å²) < 4.78 is 0. The highest BCUT2D eigenvalue weighted by molar-refractivity contribution is 5.94. The van der Waals surface area contributed by atoms with Gasteiger partial charge in [-0.1, -0.05) is 17.7 Å².